The minimum absolute atomic E-state index is 0.0516. The van der Waals surface area contributed by atoms with E-state index in [4.69, 9.17) is 10.5 Å². The first kappa shape index (κ1) is 14.5. The second kappa shape index (κ2) is 6.12. The smallest absolute Gasteiger partial charge is 0.253 e. The van der Waals surface area contributed by atoms with Crippen LogP contribution < -0.4 is 5.73 Å². The monoisotopic (exact) mass is 292 g/mol. The molecule has 2 aliphatic rings. The third-order valence-electron chi connectivity index (χ3n) is 4.11. The Kier molecular flexibility index (Phi) is 4.22. The van der Waals surface area contributed by atoms with E-state index >= 15 is 0 Å². The van der Waals surface area contributed by atoms with E-state index in [2.05, 4.69) is 0 Å². The van der Waals surface area contributed by atoms with Crippen LogP contribution in [0.3, 0.4) is 0 Å². The molecule has 5 heteroatoms. The van der Waals surface area contributed by atoms with Crippen LogP contribution in [-0.2, 0) is 11.3 Å². The summed E-state index contributed by atoms with van der Waals surface area (Å²) in [5.41, 5.74) is 6.78. The van der Waals surface area contributed by atoms with Crippen molar-refractivity contribution in [3.63, 3.8) is 0 Å². The third-order valence-corrected chi connectivity index (χ3v) is 4.11. The fourth-order valence-corrected chi connectivity index (χ4v) is 2.59. The summed E-state index contributed by atoms with van der Waals surface area (Å²) in [5.74, 6) is 0.246. The highest BCUT2D eigenvalue weighted by molar-refractivity contribution is 5.94. The molecule has 3 rings (SSSR count). The Morgan fingerprint density at radius 1 is 1.38 bits per heavy atom. The van der Waals surface area contributed by atoms with E-state index in [9.17, 15) is 9.18 Å². The van der Waals surface area contributed by atoms with Crippen LogP contribution in [0.4, 0.5) is 4.39 Å². The highest BCUT2D eigenvalue weighted by atomic mass is 19.1. The molecule has 1 aromatic carbocycles. The van der Waals surface area contributed by atoms with Crippen molar-refractivity contribution in [2.24, 2.45) is 11.7 Å². The molecule has 1 saturated heterocycles. The van der Waals surface area contributed by atoms with Crippen molar-refractivity contribution >= 4 is 5.91 Å². The van der Waals surface area contributed by atoms with Gasteiger partial charge in [0.05, 0.1) is 6.61 Å². The number of benzene rings is 1. The van der Waals surface area contributed by atoms with Crippen LogP contribution in [0.1, 0.15) is 35.2 Å². The number of carbonyl (C=O) groups excluding carboxylic acids is 1. The summed E-state index contributed by atoms with van der Waals surface area (Å²) in [6.07, 6.45) is 3.23. The molecule has 1 heterocycles. The maximum absolute atomic E-state index is 13.8. The number of carbonyl (C=O) groups is 1. The summed E-state index contributed by atoms with van der Waals surface area (Å²) in [5, 5.41) is 0. The molecule has 1 aromatic rings. The lowest BCUT2D eigenvalue weighted by Gasteiger charge is -2.16. The number of halogens is 1. The van der Waals surface area contributed by atoms with E-state index in [1.165, 1.54) is 25.0 Å². The second-order valence-electron chi connectivity index (χ2n) is 6.06. The van der Waals surface area contributed by atoms with Gasteiger partial charge in [-0.15, -0.1) is 0 Å². The SMILES string of the molecule is N[C@H]1CCN(C(=O)c2ccc(F)c(COCC3CC3)c2)C1. The zero-order chi connectivity index (χ0) is 14.8. The number of hydrogen-bond acceptors (Lipinski definition) is 3. The van der Waals surface area contributed by atoms with Gasteiger partial charge in [0.15, 0.2) is 0 Å². The number of hydrogen-bond donors (Lipinski definition) is 1. The Balaban J connectivity index is 1.65. The van der Waals surface area contributed by atoms with Gasteiger partial charge in [-0.1, -0.05) is 0 Å². The number of amides is 1. The van der Waals surface area contributed by atoms with Gasteiger partial charge in [0.2, 0.25) is 0 Å². The van der Waals surface area contributed by atoms with E-state index in [1.807, 2.05) is 0 Å². The summed E-state index contributed by atoms with van der Waals surface area (Å²) in [4.78, 5) is 14.1. The molecule has 0 spiro atoms. The largest absolute Gasteiger partial charge is 0.376 e. The Morgan fingerprint density at radius 2 is 2.19 bits per heavy atom. The lowest BCUT2D eigenvalue weighted by Crippen LogP contribution is -2.31. The molecule has 0 aromatic heterocycles. The standard InChI is InChI=1S/C16H21FN2O2/c17-15-4-3-12(16(20)19-6-5-14(18)8-19)7-13(15)10-21-9-11-1-2-11/h3-4,7,11,14H,1-2,5-6,8-10,18H2/t14-/m0/s1. The van der Waals surface area contributed by atoms with Crippen LogP contribution in [0, 0.1) is 11.7 Å². The van der Waals surface area contributed by atoms with Gasteiger partial charge >= 0.3 is 0 Å². The van der Waals surface area contributed by atoms with Crippen LogP contribution in [0.25, 0.3) is 0 Å². The van der Waals surface area contributed by atoms with Crippen molar-refractivity contribution in [1.82, 2.24) is 4.90 Å². The van der Waals surface area contributed by atoms with Crippen LogP contribution >= 0.6 is 0 Å². The van der Waals surface area contributed by atoms with Gasteiger partial charge in [0.25, 0.3) is 5.91 Å². The predicted octanol–water partition coefficient (Wildman–Crippen LogP) is 1.93. The van der Waals surface area contributed by atoms with Crippen molar-refractivity contribution in [3.05, 3.63) is 35.1 Å². The Labute approximate surface area is 124 Å². The molecule has 1 atom stereocenters. The summed E-state index contributed by atoms with van der Waals surface area (Å²) < 4.78 is 19.3. The topological polar surface area (TPSA) is 55.6 Å². The normalized spacial score (nSPS) is 21.8. The fraction of sp³-hybridized carbons (Fsp3) is 0.562. The van der Waals surface area contributed by atoms with Gasteiger partial charge in [0.1, 0.15) is 5.82 Å². The maximum atomic E-state index is 13.8. The van der Waals surface area contributed by atoms with E-state index < -0.39 is 0 Å². The molecule has 1 aliphatic heterocycles. The number of ether oxygens (including phenoxy) is 1. The van der Waals surface area contributed by atoms with Crippen molar-refractivity contribution < 1.29 is 13.9 Å². The lowest BCUT2D eigenvalue weighted by molar-refractivity contribution is 0.0790. The molecule has 0 unspecified atom stereocenters. The third kappa shape index (κ3) is 3.60. The summed E-state index contributed by atoms with van der Waals surface area (Å²) in [6, 6.07) is 4.54. The highest BCUT2D eigenvalue weighted by Gasteiger charge is 2.25. The number of nitrogens with two attached hydrogens (primary N) is 1. The van der Waals surface area contributed by atoms with Crippen molar-refractivity contribution in [2.45, 2.75) is 31.9 Å². The molecule has 2 fully saturated rings. The van der Waals surface area contributed by atoms with Crippen molar-refractivity contribution in [1.29, 1.82) is 0 Å². The van der Waals surface area contributed by atoms with Gasteiger partial charge < -0.3 is 15.4 Å². The first-order valence-corrected chi connectivity index (χ1v) is 7.54. The van der Waals surface area contributed by atoms with E-state index in [0.717, 1.165) is 6.42 Å². The van der Waals surface area contributed by atoms with E-state index in [1.54, 1.807) is 11.0 Å². The fourth-order valence-electron chi connectivity index (χ4n) is 2.59. The Morgan fingerprint density at radius 3 is 2.86 bits per heavy atom. The Bertz CT molecular complexity index is 531. The molecule has 21 heavy (non-hydrogen) atoms. The van der Waals surface area contributed by atoms with E-state index in [0.29, 0.717) is 36.7 Å². The molecule has 1 aliphatic carbocycles. The molecule has 114 valence electrons. The molecule has 0 radical (unpaired) electrons. The molecule has 1 saturated carbocycles. The zero-order valence-electron chi connectivity index (χ0n) is 12.1. The molecular weight excluding hydrogens is 271 g/mol. The number of likely N-dealkylation sites (tertiary alicyclic amines) is 1. The maximum Gasteiger partial charge on any atom is 0.253 e. The van der Waals surface area contributed by atoms with Crippen LogP contribution in [0.15, 0.2) is 18.2 Å². The quantitative estimate of drug-likeness (QED) is 0.902. The van der Waals surface area contributed by atoms with Gasteiger partial charge in [-0.3, -0.25) is 4.79 Å². The first-order valence-electron chi connectivity index (χ1n) is 7.54. The van der Waals surface area contributed by atoms with Gasteiger partial charge in [-0.25, -0.2) is 4.39 Å². The summed E-state index contributed by atoms with van der Waals surface area (Å²) in [6.45, 7) is 2.15. The Hall–Kier alpha value is -1.46. The van der Waals surface area contributed by atoms with Gasteiger partial charge in [-0.05, 0) is 43.4 Å². The highest BCUT2D eigenvalue weighted by Crippen LogP contribution is 2.29. The lowest BCUT2D eigenvalue weighted by atomic mass is 10.1. The zero-order valence-corrected chi connectivity index (χ0v) is 12.1. The molecule has 1 amide bonds. The predicted molar refractivity (Wildman–Crippen MR) is 77.3 cm³/mol. The molecule has 0 bridgehead atoms. The van der Waals surface area contributed by atoms with Crippen molar-refractivity contribution in [3.8, 4) is 0 Å². The number of rotatable bonds is 5. The summed E-state index contributed by atoms with van der Waals surface area (Å²) >= 11 is 0. The van der Waals surface area contributed by atoms with Gasteiger partial charge in [0, 0.05) is 36.9 Å². The molecule has 2 N–H and O–H groups in total. The first-order chi connectivity index (χ1) is 10.1. The molecule has 4 nitrogen and oxygen atoms in total. The van der Waals surface area contributed by atoms with Crippen LogP contribution in [-0.4, -0.2) is 36.5 Å². The second-order valence-corrected chi connectivity index (χ2v) is 6.06. The van der Waals surface area contributed by atoms with Crippen LogP contribution in [0.5, 0.6) is 0 Å². The average molecular weight is 292 g/mol. The average Bonchev–Trinajstić information content (AvgIpc) is 3.20. The summed E-state index contributed by atoms with van der Waals surface area (Å²) in [7, 11) is 0. The minimum Gasteiger partial charge on any atom is -0.376 e. The van der Waals surface area contributed by atoms with Crippen LogP contribution in [0.2, 0.25) is 0 Å². The molecular formula is C16H21FN2O2. The number of nitrogens with zero attached hydrogens (tertiary/aromatic N) is 1. The minimum atomic E-state index is -0.319. The van der Waals surface area contributed by atoms with Crippen molar-refractivity contribution in [2.75, 3.05) is 19.7 Å². The van der Waals surface area contributed by atoms with E-state index in [-0.39, 0.29) is 24.4 Å². The van der Waals surface area contributed by atoms with Gasteiger partial charge in [-0.2, -0.15) is 0 Å².